The number of rotatable bonds is 6. The fourth-order valence-electron chi connectivity index (χ4n) is 3.07. The zero-order valence-electron chi connectivity index (χ0n) is 17.4. The zero-order valence-corrected chi connectivity index (χ0v) is 18.9. The van der Waals surface area contributed by atoms with E-state index < -0.39 is 36.2 Å². The van der Waals surface area contributed by atoms with Crippen molar-refractivity contribution in [2.75, 3.05) is 18.5 Å². The van der Waals surface area contributed by atoms with Crippen molar-refractivity contribution >= 4 is 52.6 Å². The van der Waals surface area contributed by atoms with E-state index in [1.165, 1.54) is 18.2 Å². The van der Waals surface area contributed by atoms with Gasteiger partial charge in [0.05, 0.1) is 22.5 Å². The van der Waals surface area contributed by atoms with Crippen molar-refractivity contribution in [3.8, 4) is 0 Å². The number of anilines is 1. The first-order valence-corrected chi connectivity index (χ1v) is 10.5. The Hall–Kier alpha value is -3.10. The van der Waals surface area contributed by atoms with Crippen LogP contribution in [0.5, 0.6) is 0 Å². The first kappa shape index (κ1) is 23.6. The quantitative estimate of drug-likeness (QED) is 0.621. The van der Waals surface area contributed by atoms with Crippen LogP contribution in [0.4, 0.5) is 5.69 Å². The Bertz CT molecular complexity index is 1090. The van der Waals surface area contributed by atoms with Gasteiger partial charge in [-0.25, -0.2) is 0 Å². The number of carbonyl (C=O) groups is 4. The Labute approximate surface area is 194 Å². The summed E-state index contributed by atoms with van der Waals surface area (Å²) >= 11 is 11.7. The Morgan fingerprint density at radius 2 is 1.81 bits per heavy atom. The van der Waals surface area contributed by atoms with Crippen LogP contribution < -0.4 is 10.7 Å². The zero-order chi connectivity index (χ0) is 23.4. The van der Waals surface area contributed by atoms with Crippen LogP contribution in [0, 0.1) is 19.8 Å². The van der Waals surface area contributed by atoms with E-state index in [2.05, 4.69) is 10.7 Å². The molecule has 1 saturated heterocycles. The smallest absolute Gasteiger partial charge is 0.311 e. The lowest BCUT2D eigenvalue weighted by molar-refractivity contribution is -0.151. The number of carbonyl (C=O) groups excluding carboxylic acids is 4. The number of aryl methyl sites for hydroxylation is 2. The fourth-order valence-corrected chi connectivity index (χ4v) is 3.37. The molecular weight excluding hydrogens is 457 g/mol. The molecule has 2 aromatic carbocycles. The molecule has 8 nitrogen and oxygen atoms in total. The number of ether oxygens (including phenoxy) is 1. The summed E-state index contributed by atoms with van der Waals surface area (Å²) < 4.78 is 5.05. The van der Waals surface area contributed by atoms with Crippen molar-refractivity contribution in [2.45, 2.75) is 20.3 Å². The Morgan fingerprint density at radius 3 is 2.50 bits per heavy atom. The van der Waals surface area contributed by atoms with Gasteiger partial charge < -0.3 is 10.1 Å². The number of nitrogens with one attached hydrogen (secondary N) is 2. The molecule has 168 valence electrons. The molecule has 0 bridgehead atoms. The summed E-state index contributed by atoms with van der Waals surface area (Å²) in [7, 11) is 0. The number of hydrogen-bond acceptors (Lipinski definition) is 5. The van der Waals surface area contributed by atoms with Gasteiger partial charge in [0.25, 0.3) is 11.8 Å². The molecule has 0 aliphatic carbocycles. The molecule has 1 aliphatic heterocycles. The molecule has 2 aromatic rings. The van der Waals surface area contributed by atoms with Gasteiger partial charge in [-0.1, -0.05) is 29.3 Å². The molecule has 1 heterocycles. The lowest BCUT2D eigenvalue weighted by Gasteiger charge is -2.17. The normalized spacial score (nSPS) is 15.4. The molecule has 0 radical (unpaired) electrons. The van der Waals surface area contributed by atoms with Gasteiger partial charge in [0.1, 0.15) is 0 Å². The van der Waals surface area contributed by atoms with E-state index in [-0.39, 0.29) is 23.6 Å². The minimum Gasteiger partial charge on any atom is -0.455 e. The maximum atomic E-state index is 12.3. The summed E-state index contributed by atoms with van der Waals surface area (Å²) in [6.07, 6.45) is -0.140. The molecule has 32 heavy (non-hydrogen) atoms. The summed E-state index contributed by atoms with van der Waals surface area (Å²) in [5, 5.41) is 4.20. The van der Waals surface area contributed by atoms with E-state index in [1.54, 1.807) is 6.07 Å². The van der Waals surface area contributed by atoms with E-state index >= 15 is 0 Å². The van der Waals surface area contributed by atoms with Crippen molar-refractivity contribution in [1.29, 1.82) is 0 Å². The standard InChI is InChI=1S/C22H21Cl2N3O5/c1-12-3-5-16(7-13(12)2)25-19(28)11-32-22(31)15-9-20(29)27(10-15)26-21(30)14-4-6-17(23)18(24)8-14/h3-8,15H,9-11H2,1-2H3,(H,25,28)(H,26,30)/t15-/m0/s1. The monoisotopic (exact) mass is 477 g/mol. The van der Waals surface area contributed by atoms with Gasteiger partial charge in [0.2, 0.25) is 5.91 Å². The SMILES string of the molecule is Cc1ccc(NC(=O)COC(=O)[C@H]2CC(=O)N(NC(=O)c3ccc(Cl)c(Cl)c3)C2)cc1C. The highest BCUT2D eigenvalue weighted by Crippen LogP contribution is 2.23. The third-order valence-electron chi connectivity index (χ3n) is 5.01. The average molecular weight is 478 g/mol. The number of amides is 3. The van der Waals surface area contributed by atoms with Crippen molar-refractivity contribution in [3.05, 3.63) is 63.1 Å². The lowest BCUT2D eigenvalue weighted by atomic mass is 10.1. The molecule has 1 fully saturated rings. The van der Waals surface area contributed by atoms with Gasteiger partial charge >= 0.3 is 5.97 Å². The third-order valence-corrected chi connectivity index (χ3v) is 5.75. The average Bonchev–Trinajstić information content (AvgIpc) is 3.11. The number of halogens is 2. The summed E-state index contributed by atoms with van der Waals surface area (Å²) in [4.78, 5) is 48.9. The van der Waals surface area contributed by atoms with Gasteiger partial charge in [-0.3, -0.25) is 29.6 Å². The molecule has 0 saturated carbocycles. The van der Waals surface area contributed by atoms with Crippen LogP contribution in [0.15, 0.2) is 36.4 Å². The Kier molecular flexibility index (Phi) is 7.37. The van der Waals surface area contributed by atoms with Crippen LogP contribution >= 0.6 is 23.2 Å². The van der Waals surface area contributed by atoms with Gasteiger partial charge in [-0.05, 0) is 55.3 Å². The van der Waals surface area contributed by atoms with E-state index in [0.29, 0.717) is 10.7 Å². The van der Waals surface area contributed by atoms with Crippen molar-refractivity contribution < 1.29 is 23.9 Å². The number of nitrogens with zero attached hydrogens (tertiary/aromatic N) is 1. The van der Waals surface area contributed by atoms with Gasteiger partial charge in [0, 0.05) is 17.7 Å². The minimum absolute atomic E-state index is 0.0660. The molecular formula is C22H21Cl2N3O5. The predicted octanol–water partition coefficient (Wildman–Crippen LogP) is 3.29. The molecule has 0 aromatic heterocycles. The van der Waals surface area contributed by atoms with E-state index in [0.717, 1.165) is 16.1 Å². The third kappa shape index (κ3) is 5.77. The van der Waals surface area contributed by atoms with Crippen molar-refractivity contribution in [2.24, 2.45) is 5.92 Å². The van der Waals surface area contributed by atoms with Crippen LogP contribution in [0.25, 0.3) is 0 Å². The summed E-state index contributed by atoms with van der Waals surface area (Å²) in [6.45, 7) is 3.34. The number of hydrogen-bond donors (Lipinski definition) is 2. The Balaban J connectivity index is 1.49. The second-order valence-electron chi connectivity index (χ2n) is 7.43. The van der Waals surface area contributed by atoms with Gasteiger partial charge in [-0.2, -0.15) is 0 Å². The van der Waals surface area contributed by atoms with E-state index in [4.69, 9.17) is 27.9 Å². The topological polar surface area (TPSA) is 105 Å². The maximum Gasteiger partial charge on any atom is 0.311 e. The minimum atomic E-state index is -0.800. The maximum absolute atomic E-state index is 12.3. The van der Waals surface area contributed by atoms with Gasteiger partial charge in [0.15, 0.2) is 6.61 Å². The number of hydrazine groups is 1. The molecule has 2 N–H and O–H groups in total. The molecule has 0 spiro atoms. The highest BCUT2D eigenvalue weighted by molar-refractivity contribution is 6.42. The summed E-state index contributed by atoms with van der Waals surface area (Å²) in [5.74, 6) is -3.00. The lowest BCUT2D eigenvalue weighted by Crippen LogP contribution is -2.43. The Morgan fingerprint density at radius 1 is 1.06 bits per heavy atom. The summed E-state index contributed by atoms with van der Waals surface area (Å²) in [6, 6.07) is 9.75. The van der Waals surface area contributed by atoms with Crippen LogP contribution in [0.2, 0.25) is 10.0 Å². The molecule has 3 amide bonds. The van der Waals surface area contributed by atoms with Gasteiger partial charge in [-0.15, -0.1) is 0 Å². The van der Waals surface area contributed by atoms with Crippen LogP contribution in [0.1, 0.15) is 27.9 Å². The van der Waals surface area contributed by atoms with E-state index in [9.17, 15) is 19.2 Å². The van der Waals surface area contributed by atoms with Crippen LogP contribution in [0.3, 0.4) is 0 Å². The van der Waals surface area contributed by atoms with Crippen molar-refractivity contribution in [3.63, 3.8) is 0 Å². The highest BCUT2D eigenvalue weighted by Gasteiger charge is 2.36. The summed E-state index contributed by atoms with van der Waals surface area (Å²) in [5.41, 5.74) is 5.36. The fraction of sp³-hybridized carbons (Fsp3) is 0.273. The second-order valence-corrected chi connectivity index (χ2v) is 8.24. The molecule has 1 aliphatic rings. The first-order valence-electron chi connectivity index (χ1n) is 9.74. The van der Waals surface area contributed by atoms with E-state index in [1.807, 2.05) is 26.0 Å². The first-order chi connectivity index (χ1) is 15.1. The van der Waals surface area contributed by atoms with Crippen molar-refractivity contribution in [1.82, 2.24) is 10.4 Å². The predicted molar refractivity (Wildman–Crippen MR) is 119 cm³/mol. The largest absolute Gasteiger partial charge is 0.455 e. The second kappa shape index (κ2) is 10.0. The molecule has 3 rings (SSSR count). The van der Waals surface area contributed by atoms with Crippen LogP contribution in [-0.4, -0.2) is 41.9 Å². The number of benzene rings is 2. The number of esters is 1. The molecule has 1 atom stereocenters. The molecule has 0 unspecified atom stereocenters. The highest BCUT2D eigenvalue weighted by atomic mass is 35.5. The van der Waals surface area contributed by atoms with Crippen LogP contribution in [-0.2, 0) is 19.1 Å². The molecule has 10 heteroatoms.